The minimum Gasteiger partial charge on any atom is 0 e. The van der Waals surface area contributed by atoms with E-state index < -0.39 is 0 Å². The third kappa shape index (κ3) is 9.44. The molecule has 0 fully saturated rings. The van der Waals surface area contributed by atoms with Gasteiger partial charge in [0.05, 0.1) is 0 Å². The Bertz CT molecular complexity index is 8.00. The first-order chi connectivity index (χ1) is 1.00. The average molecular weight is 285 g/mol. The molecule has 0 heterocycles. The standard InChI is InChI=1S/O.Sb.Si.Sn. The maximum Gasteiger partial charge on any atom is 0 e. The van der Waals surface area contributed by atoms with E-state index in [2.05, 4.69) is 0 Å². The normalized spacial score (nSPS) is 1.00. The van der Waals surface area contributed by atoms with Crippen LogP contribution in [0.25, 0.3) is 0 Å². The van der Waals surface area contributed by atoms with Crippen molar-refractivity contribution in [1.82, 2.24) is 0 Å². The quantitative estimate of drug-likeness (QED) is 0.508. The topological polar surface area (TPSA) is 17.1 Å². The van der Waals surface area contributed by atoms with E-state index in [1.165, 1.54) is 0 Å². The van der Waals surface area contributed by atoms with Crippen LogP contribution < -0.4 is 0 Å². The molecule has 4 heavy (non-hydrogen) atoms. The summed E-state index contributed by atoms with van der Waals surface area (Å²) in [6.45, 7) is 0. The van der Waals surface area contributed by atoms with Gasteiger partial charge in [-0.2, -0.15) is 0 Å². The van der Waals surface area contributed by atoms with Gasteiger partial charge in [-0.15, -0.1) is 0 Å². The molecule has 0 aliphatic carbocycles. The molecular formula is OSbSiSn. The Morgan fingerprint density at radius 2 is 1.25 bits per heavy atom. The maximum absolute atomic E-state index is 8.34. The zero-order valence-electron chi connectivity index (χ0n) is 1.86. The zero-order chi connectivity index (χ0) is 2.00. The number of rotatable bonds is 0. The molecule has 0 atom stereocenters. The second-order valence-electron chi connectivity index (χ2n) is 0. The largest absolute Gasteiger partial charge is 0 e. The van der Waals surface area contributed by atoms with Gasteiger partial charge in [0.25, 0.3) is 0 Å². The molecule has 0 aliphatic heterocycles. The van der Waals surface area contributed by atoms with Crippen LogP contribution in [0.4, 0.5) is 0 Å². The van der Waals surface area contributed by atoms with E-state index in [0.29, 0.717) is 22.5 Å². The van der Waals surface area contributed by atoms with Gasteiger partial charge in [-0.3, -0.25) is 0 Å². The van der Waals surface area contributed by atoms with E-state index in [-0.39, 0.29) is 35.4 Å². The van der Waals surface area contributed by atoms with Crippen LogP contribution >= 0.6 is 0 Å². The van der Waals surface area contributed by atoms with Crippen molar-refractivity contribution in [1.29, 1.82) is 0 Å². The summed E-state index contributed by atoms with van der Waals surface area (Å²) in [5.41, 5.74) is 0. The molecular weight excluding hydrogens is 285 g/mol. The van der Waals surface area contributed by atoms with E-state index in [0.717, 1.165) is 0 Å². The van der Waals surface area contributed by atoms with Gasteiger partial charge >= 0.3 is 25.6 Å². The SMILES string of the molecule is [O]=[Sn].[Sb].[Si]. The summed E-state index contributed by atoms with van der Waals surface area (Å²) in [6, 6.07) is 0. The molecule has 0 rings (SSSR count). The molecule has 0 saturated carbocycles. The minimum atomic E-state index is 0. The molecule has 0 saturated heterocycles. The fourth-order valence-corrected chi connectivity index (χ4v) is 0. The van der Waals surface area contributed by atoms with Crippen molar-refractivity contribution >= 4 is 57.9 Å². The van der Waals surface area contributed by atoms with Gasteiger partial charge in [0.15, 0.2) is 0 Å². The molecule has 0 spiro atoms. The number of hydrogen-bond acceptors (Lipinski definition) is 1. The molecule has 1 nitrogen and oxygen atoms in total. The Balaban J connectivity index is -0.00000000500. The summed E-state index contributed by atoms with van der Waals surface area (Å²) in [5, 5.41) is 0. The molecule has 19 valence electrons. The van der Waals surface area contributed by atoms with E-state index in [4.69, 9.17) is 3.08 Å². The van der Waals surface area contributed by atoms with E-state index >= 15 is 0 Å². The summed E-state index contributed by atoms with van der Waals surface area (Å²) in [5.74, 6) is 0. The van der Waals surface area contributed by atoms with E-state index in [1.54, 1.807) is 0 Å². The van der Waals surface area contributed by atoms with Gasteiger partial charge in [0.1, 0.15) is 0 Å². The van der Waals surface area contributed by atoms with Crippen LogP contribution in [0.3, 0.4) is 0 Å². The first-order valence-electron chi connectivity index (χ1n) is 0.204. The van der Waals surface area contributed by atoms with Crippen LogP contribution in [-0.2, 0) is 3.08 Å². The second-order valence-corrected chi connectivity index (χ2v) is 0. The fraction of sp³-hybridized carbons (Fsp3) is 0. The Labute approximate surface area is 60.5 Å². The number of hydrogen-bond donors (Lipinski definition) is 0. The minimum absolute atomic E-state index is 0. The van der Waals surface area contributed by atoms with Crippen molar-refractivity contribution in [2.24, 2.45) is 0 Å². The predicted molar refractivity (Wildman–Crippen MR) is 17.9 cm³/mol. The average Bonchev–Trinajstić information content (AvgIpc) is 1.00. The summed E-state index contributed by atoms with van der Waals surface area (Å²) in [4.78, 5) is 0. The summed E-state index contributed by atoms with van der Waals surface area (Å²) >= 11 is 0.300. The predicted octanol–water partition coefficient (Wildman–Crippen LogP) is -1.26. The Kier molecular flexibility index (Phi) is 99.9. The van der Waals surface area contributed by atoms with Crippen LogP contribution in [-0.4, -0.2) is 57.9 Å². The van der Waals surface area contributed by atoms with Crippen molar-refractivity contribution in [2.45, 2.75) is 0 Å². The molecule has 0 aromatic heterocycles. The van der Waals surface area contributed by atoms with E-state index in [1.807, 2.05) is 0 Å². The van der Waals surface area contributed by atoms with Gasteiger partial charge in [0.2, 0.25) is 0 Å². The van der Waals surface area contributed by atoms with Crippen LogP contribution in [0, 0.1) is 0 Å². The molecule has 0 amide bonds. The van der Waals surface area contributed by atoms with Crippen molar-refractivity contribution < 1.29 is 3.08 Å². The van der Waals surface area contributed by atoms with Crippen LogP contribution in [0.15, 0.2) is 0 Å². The smallest absolute Gasteiger partial charge is 0 e. The Morgan fingerprint density at radius 3 is 1.25 bits per heavy atom. The molecule has 0 N–H and O–H groups in total. The fourth-order valence-electron chi connectivity index (χ4n) is 0. The van der Waals surface area contributed by atoms with Gasteiger partial charge in [0, 0.05) is 35.4 Å². The third-order valence-electron chi connectivity index (χ3n) is 0. The molecule has 9 radical (unpaired) electrons. The summed E-state index contributed by atoms with van der Waals surface area (Å²) in [6.07, 6.45) is 0. The molecule has 0 unspecified atom stereocenters. The first-order valence-corrected chi connectivity index (χ1v) is 1.37. The van der Waals surface area contributed by atoms with Crippen molar-refractivity contribution in [3.05, 3.63) is 0 Å². The van der Waals surface area contributed by atoms with Gasteiger partial charge in [-0.1, -0.05) is 0 Å². The molecule has 0 bridgehead atoms. The molecule has 4 heteroatoms. The zero-order valence-corrected chi connectivity index (χ0v) is 8.26. The van der Waals surface area contributed by atoms with Crippen molar-refractivity contribution in [3.63, 3.8) is 0 Å². The van der Waals surface area contributed by atoms with Gasteiger partial charge in [-0.25, -0.2) is 0 Å². The maximum atomic E-state index is 8.34. The Morgan fingerprint density at radius 1 is 1.25 bits per heavy atom. The Hall–Kier alpha value is 1.63. The van der Waals surface area contributed by atoms with Crippen LogP contribution in [0.1, 0.15) is 0 Å². The van der Waals surface area contributed by atoms with Crippen LogP contribution in [0.5, 0.6) is 0 Å². The third-order valence-corrected chi connectivity index (χ3v) is 0. The van der Waals surface area contributed by atoms with Crippen LogP contribution in [0.2, 0.25) is 0 Å². The molecule has 0 aliphatic rings. The van der Waals surface area contributed by atoms with Crippen molar-refractivity contribution in [3.8, 4) is 0 Å². The van der Waals surface area contributed by atoms with Gasteiger partial charge in [-0.05, 0) is 0 Å². The molecule has 0 aromatic carbocycles. The summed E-state index contributed by atoms with van der Waals surface area (Å²) in [7, 11) is 0. The molecule has 0 aromatic rings. The van der Waals surface area contributed by atoms with Crippen molar-refractivity contribution in [2.75, 3.05) is 0 Å². The summed E-state index contributed by atoms with van der Waals surface area (Å²) < 4.78 is 8.34. The second kappa shape index (κ2) is 22.9. The monoisotopic (exact) mass is 285 g/mol. The first kappa shape index (κ1) is 17.4. The van der Waals surface area contributed by atoms with E-state index in [9.17, 15) is 0 Å². The van der Waals surface area contributed by atoms with Gasteiger partial charge < -0.3 is 0 Å².